The number of hydrogen-bond donors (Lipinski definition) is 2. The number of nitrogens with zero attached hydrogens (tertiary/aromatic N) is 2. The lowest BCUT2D eigenvalue weighted by Gasteiger charge is -2.05. The number of nitrogens with one attached hydrogen (secondary N) is 1. The average Bonchev–Trinajstić information content (AvgIpc) is 2.82. The lowest BCUT2D eigenvalue weighted by Crippen LogP contribution is -2.27. The molecule has 2 rings (SSSR count). The number of aryl methyl sites for hydroxylation is 1. The molecule has 2 aromatic rings. The number of aromatic carboxylic acids is 1. The van der Waals surface area contributed by atoms with E-state index in [-0.39, 0.29) is 17.3 Å². The largest absolute Gasteiger partial charge is 0.476 e. The van der Waals surface area contributed by atoms with E-state index in [1.54, 1.807) is 7.05 Å². The summed E-state index contributed by atoms with van der Waals surface area (Å²) in [6.07, 6.45) is 0.718. The highest BCUT2D eigenvalue weighted by atomic mass is 16.4. The average molecular weight is 273 g/mol. The lowest BCUT2D eigenvalue weighted by atomic mass is 10.1. The molecule has 104 valence electrons. The van der Waals surface area contributed by atoms with E-state index in [1.807, 2.05) is 30.3 Å². The molecule has 1 heterocycles. The maximum atomic E-state index is 11.9. The van der Waals surface area contributed by atoms with Crippen molar-refractivity contribution in [2.24, 2.45) is 7.05 Å². The molecule has 20 heavy (non-hydrogen) atoms. The summed E-state index contributed by atoms with van der Waals surface area (Å²) in [6, 6.07) is 11.1. The molecule has 0 aliphatic heterocycles. The molecule has 0 atom stereocenters. The van der Waals surface area contributed by atoms with Crippen molar-refractivity contribution in [3.63, 3.8) is 0 Å². The molecular formula is C14H15N3O3. The number of carbonyl (C=O) groups excluding carboxylic acids is 1. The predicted octanol–water partition coefficient (Wildman–Crippen LogP) is 1.09. The van der Waals surface area contributed by atoms with Crippen LogP contribution >= 0.6 is 0 Å². The molecule has 0 radical (unpaired) electrons. The second kappa shape index (κ2) is 6.01. The van der Waals surface area contributed by atoms with E-state index >= 15 is 0 Å². The second-order valence-corrected chi connectivity index (χ2v) is 4.34. The van der Waals surface area contributed by atoms with Crippen LogP contribution < -0.4 is 5.32 Å². The Morgan fingerprint density at radius 1 is 1.30 bits per heavy atom. The van der Waals surface area contributed by atoms with Crippen LogP contribution in [0.2, 0.25) is 0 Å². The highest BCUT2D eigenvalue weighted by Gasteiger charge is 2.16. The summed E-state index contributed by atoms with van der Waals surface area (Å²) >= 11 is 0. The van der Waals surface area contributed by atoms with Gasteiger partial charge in [-0.15, -0.1) is 0 Å². The molecular weight excluding hydrogens is 258 g/mol. The van der Waals surface area contributed by atoms with Crippen LogP contribution in [0.15, 0.2) is 36.4 Å². The van der Waals surface area contributed by atoms with Crippen LogP contribution in [0, 0.1) is 0 Å². The van der Waals surface area contributed by atoms with Crippen LogP contribution in [0.4, 0.5) is 0 Å². The molecule has 1 aromatic carbocycles. The first kappa shape index (κ1) is 13.8. The van der Waals surface area contributed by atoms with Crippen molar-refractivity contribution < 1.29 is 14.7 Å². The minimum absolute atomic E-state index is 0.138. The third kappa shape index (κ3) is 3.23. The van der Waals surface area contributed by atoms with Gasteiger partial charge in [-0.2, -0.15) is 5.10 Å². The number of hydrogen-bond acceptors (Lipinski definition) is 3. The second-order valence-electron chi connectivity index (χ2n) is 4.34. The quantitative estimate of drug-likeness (QED) is 0.854. The Hall–Kier alpha value is -2.63. The van der Waals surface area contributed by atoms with Gasteiger partial charge in [-0.05, 0) is 12.0 Å². The van der Waals surface area contributed by atoms with Crippen LogP contribution in [0.25, 0.3) is 0 Å². The topological polar surface area (TPSA) is 84.2 Å². The smallest absolute Gasteiger partial charge is 0.356 e. The van der Waals surface area contributed by atoms with Crippen molar-refractivity contribution in [2.45, 2.75) is 6.42 Å². The zero-order valence-electron chi connectivity index (χ0n) is 11.0. The number of rotatable bonds is 5. The summed E-state index contributed by atoms with van der Waals surface area (Å²) in [6.45, 7) is 0.483. The van der Waals surface area contributed by atoms with Gasteiger partial charge in [0.1, 0.15) is 5.69 Å². The van der Waals surface area contributed by atoms with E-state index in [4.69, 9.17) is 5.11 Å². The van der Waals surface area contributed by atoms with Crippen molar-refractivity contribution in [3.8, 4) is 0 Å². The third-order valence-electron chi connectivity index (χ3n) is 2.87. The molecule has 0 aliphatic carbocycles. The van der Waals surface area contributed by atoms with E-state index in [1.165, 1.54) is 10.7 Å². The van der Waals surface area contributed by atoms with Crippen LogP contribution in [-0.2, 0) is 13.5 Å². The van der Waals surface area contributed by atoms with Gasteiger partial charge in [0.2, 0.25) is 0 Å². The summed E-state index contributed by atoms with van der Waals surface area (Å²) in [5, 5.41) is 15.3. The van der Waals surface area contributed by atoms with Gasteiger partial charge in [-0.3, -0.25) is 9.48 Å². The first-order chi connectivity index (χ1) is 9.58. The summed E-state index contributed by atoms with van der Waals surface area (Å²) in [7, 11) is 1.54. The fourth-order valence-corrected chi connectivity index (χ4v) is 1.84. The van der Waals surface area contributed by atoms with Gasteiger partial charge >= 0.3 is 5.97 Å². The first-order valence-corrected chi connectivity index (χ1v) is 6.17. The molecule has 1 amide bonds. The Balaban J connectivity index is 1.93. The molecule has 0 saturated carbocycles. The summed E-state index contributed by atoms with van der Waals surface area (Å²) < 4.78 is 1.27. The molecule has 6 nitrogen and oxygen atoms in total. The number of carbonyl (C=O) groups is 2. The van der Waals surface area contributed by atoms with Crippen molar-refractivity contribution in [1.82, 2.24) is 15.1 Å². The fraction of sp³-hybridized carbons (Fsp3) is 0.214. The SMILES string of the molecule is Cn1nc(C(=O)O)cc1C(=O)NCCc1ccccc1. The van der Waals surface area contributed by atoms with E-state index in [0.29, 0.717) is 6.54 Å². The zero-order valence-corrected chi connectivity index (χ0v) is 11.0. The van der Waals surface area contributed by atoms with Gasteiger partial charge in [0, 0.05) is 19.7 Å². The Morgan fingerprint density at radius 3 is 2.60 bits per heavy atom. The predicted molar refractivity (Wildman–Crippen MR) is 72.6 cm³/mol. The molecule has 0 unspecified atom stereocenters. The van der Waals surface area contributed by atoms with Crippen molar-refractivity contribution in [1.29, 1.82) is 0 Å². The number of carboxylic acid groups (broad SMARTS) is 1. The Kier molecular flexibility index (Phi) is 4.14. The molecule has 0 saturated heterocycles. The van der Waals surface area contributed by atoms with Gasteiger partial charge in [-0.1, -0.05) is 30.3 Å². The minimum Gasteiger partial charge on any atom is -0.476 e. The molecule has 2 N–H and O–H groups in total. The highest BCUT2D eigenvalue weighted by molar-refractivity contribution is 5.95. The molecule has 6 heteroatoms. The molecule has 1 aromatic heterocycles. The number of carboxylic acids is 1. The maximum absolute atomic E-state index is 11.9. The maximum Gasteiger partial charge on any atom is 0.356 e. The Labute approximate surface area is 116 Å². The van der Waals surface area contributed by atoms with Gasteiger partial charge in [0.15, 0.2) is 5.69 Å². The zero-order chi connectivity index (χ0) is 14.5. The summed E-state index contributed by atoms with van der Waals surface area (Å²) in [5.41, 5.74) is 1.22. The number of aromatic nitrogens is 2. The van der Waals surface area contributed by atoms with Gasteiger partial charge in [-0.25, -0.2) is 4.79 Å². The summed E-state index contributed by atoms with van der Waals surface area (Å²) in [5.74, 6) is -1.48. The van der Waals surface area contributed by atoms with Crippen molar-refractivity contribution in [3.05, 3.63) is 53.3 Å². The van der Waals surface area contributed by atoms with E-state index in [0.717, 1.165) is 12.0 Å². The third-order valence-corrected chi connectivity index (χ3v) is 2.87. The van der Waals surface area contributed by atoms with E-state index in [2.05, 4.69) is 10.4 Å². The van der Waals surface area contributed by atoms with Crippen LogP contribution in [0.3, 0.4) is 0 Å². The van der Waals surface area contributed by atoms with Gasteiger partial charge in [0.05, 0.1) is 0 Å². The van der Waals surface area contributed by atoms with Crippen LogP contribution in [0.5, 0.6) is 0 Å². The monoisotopic (exact) mass is 273 g/mol. The highest BCUT2D eigenvalue weighted by Crippen LogP contribution is 2.03. The minimum atomic E-state index is -1.15. The number of benzene rings is 1. The molecule has 0 bridgehead atoms. The van der Waals surface area contributed by atoms with Gasteiger partial charge in [0.25, 0.3) is 5.91 Å². The normalized spacial score (nSPS) is 10.2. The summed E-state index contributed by atoms with van der Waals surface area (Å²) in [4.78, 5) is 22.7. The standard InChI is InChI=1S/C14H15N3O3/c1-17-12(9-11(16-17)14(19)20)13(18)15-8-7-10-5-3-2-4-6-10/h2-6,9H,7-8H2,1H3,(H,15,18)(H,19,20). The molecule has 0 fully saturated rings. The number of amides is 1. The lowest BCUT2D eigenvalue weighted by molar-refractivity contribution is 0.0689. The molecule has 0 spiro atoms. The van der Waals surface area contributed by atoms with Crippen LogP contribution in [-0.4, -0.2) is 33.3 Å². The van der Waals surface area contributed by atoms with Crippen LogP contribution in [0.1, 0.15) is 26.5 Å². The van der Waals surface area contributed by atoms with Crippen molar-refractivity contribution >= 4 is 11.9 Å². The van der Waals surface area contributed by atoms with E-state index < -0.39 is 5.97 Å². The Morgan fingerprint density at radius 2 is 2.00 bits per heavy atom. The fourth-order valence-electron chi connectivity index (χ4n) is 1.84. The molecule has 0 aliphatic rings. The van der Waals surface area contributed by atoms with E-state index in [9.17, 15) is 9.59 Å². The van der Waals surface area contributed by atoms with Crippen molar-refractivity contribution in [2.75, 3.05) is 6.54 Å². The Bertz CT molecular complexity index is 620. The van der Waals surface area contributed by atoms with Gasteiger partial charge < -0.3 is 10.4 Å². The first-order valence-electron chi connectivity index (χ1n) is 6.17.